The maximum Gasteiger partial charge on any atom is 0.272 e. The van der Waals surface area contributed by atoms with Gasteiger partial charge in [-0.05, 0) is 25.1 Å². The van der Waals surface area contributed by atoms with Crippen LogP contribution in [0.15, 0.2) is 60.0 Å². The summed E-state index contributed by atoms with van der Waals surface area (Å²) in [5.41, 5.74) is 4.05. The molecule has 2 heterocycles. The highest BCUT2D eigenvalue weighted by atomic mass is 32.1. The van der Waals surface area contributed by atoms with Gasteiger partial charge in [0.05, 0.1) is 16.4 Å². The number of thiazole rings is 1. The topological polar surface area (TPSA) is 57.8 Å². The molecule has 1 amide bonds. The molecule has 2 N–H and O–H groups in total. The predicted octanol–water partition coefficient (Wildman–Crippen LogP) is 4.85. The second-order valence-corrected chi connectivity index (χ2v) is 6.58. The van der Waals surface area contributed by atoms with Gasteiger partial charge in [-0.15, -0.1) is 11.3 Å². The van der Waals surface area contributed by atoms with Gasteiger partial charge in [0.15, 0.2) is 0 Å². The molecule has 118 valence electrons. The van der Waals surface area contributed by atoms with E-state index < -0.39 is 0 Å². The van der Waals surface area contributed by atoms with Gasteiger partial charge in [0.2, 0.25) is 0 Å². The van der Waals surface area contributed by atoms with Crippen LogP contribution in [0.5, 0.6) is 0 Å². The number of aromatic amines is 1. The van der Waals surface area contributed by atoms with Gasteiger partial charge in [-0.2, -0.15) is 0 Å². The number of aryl methyl sites for hydroxylation is 1. The molecule has 2 aromatic heterocycles. The second kappa shape index (κ2) is 5.94. The van der Waals surface area contributed by atoms with Gasteiger partial charge >= 0.3 is 0 Å². The molecule has 0 atom stereocenters. The van der Waals surface area contributed by atoms with Gasteiger partial charge < -0.3 is 10.3 Å². The van der Waals surface area contributed by atoms with Crippen molar-refractivity contribution in [1.29, 1.82) is 0 Å². The van der Waals surface area contributed by atoms with Gasteiger partial charge in [-0.25, -0.2) is 4.98 Å². The molecule has 4 rings (SSSR count). The Bertz CT molecular complexity index is 999. The number of H-pyrrole nitrogens is 1. The number of amides is 1. The van der Waals surface area contributed by atoms with Crippen molar-refractivity contribution in [3.8, 4) is 11.3 Å². The smallest absolute Gasteiger partial charge is 0.272 e. The first-order valence-corrected chi connectivity index (χ1v) is 8.49. The average Bonchev–Trinajstić information content (AvgIpc) is 3.21. The minimum Gasteiger partial charge on any atom is -0.351 e. The zero-order valence-electron chi connectivity index (χ0n) is 13.0. The summed E-state index contributed by atoms with van der Waals surface area (Å²) in [5, 5.41) is 7.01. The maximum atomic E-state index is 12.6. The molecule has 4 aromatic rings. The lowest BCUT2D eigenvalue weighted by Gasteiger charge is -2.08. The molecule has 0 bridgehead atoms. The minimum atomic E-state index is -0.161. The van der Waals surface area contributed by atoms with E-state index in [4.69, 9.17) is 0 Å². The molecule has 0 unspecified atom stereocenters. The summed E-state index contributed by atoms with van der Waals surface area (Å²) < 4.78 is 0. The molecule has 0 aliphatic carbocycles. The number of fused-ring (bicyclic) bond motifs is 1. The van der Waals surface area contributed by atoms with E-state index in [9.17, 15) is 4.79 Å². The summed E-state index contributed by atoms with van der Waals surface area (Å²) >= 11 is 1.60. The van der Waals surface area contributed by atoms with Crippen LogP contribution < -0.4 is 5.32 Å². The molecule has 0 radical (unpaired) electrons. The van der Waals surface area contributed by atoms with Gasteiger partial charge in [0.1, 0.15) is 5.69 Å². The number of hydrogen-bond donors (Lipinski definition) is 2. The summed E-state index contributed by atoms with van der Waals surface area (Å²) in [6, 6.07) is 17.4. The van der Waals surface area contributed by atoms with E-state index in [1.54, 1.807) is 11.3 Å². The van der Waals surface area contributed by atoms with Gasteiger partial charge in [-0.3, -0.25) is 4.79 Å². The van der Waals surface area contributed by atoms with E-state index in [0.29, 0.717) is 5.69 Å². The Balaban J connectivity index is 1.66. The van der Waals surface area contributed by atoms with Gasteiger partial charge in [0, 0.05) is 21.8 Å². The summed E-state index contributed by atoms with van der Waals surface area (Å²) in [5.74, 6) is -0.161. The highest BCUT2D eigenvalue weighted by Crippen LogP contribution is 2.29. The van der Waals surface area contributed by atoms with Crippen molar-refractivity contribution >= 4 is 33.8 Å². The fraction of sp³-hybridized carbons (Fsp3) is 0.0526. The van der Waals surface area contributed by atoms with E-state index in [1.807, 2.05) is 66.9 Å². The summed E-state index contributed by atoms with van der Waals surface area (Å²) in [7, 11) is 0. The van der Waals surface area contributed by atoms with Crippen molar-refractivity contribution in [2.45, 2.75) is 6.92 Å². The van der Waals surface area contributed by atoms with Crippen molar-refractivity contribution in [3.63, 3.8) is 0 Å². The van der Waals surface area contributed by atoms with Crippen LogP contribution in [0.4, 0.5) is 5.69 Å². The third-order valence-corrected chi connectivity index (χ3v) is 4.62. The lowest BCUT2D eigenvalue weighted by molar-refractivity contribution is 0.102. The molecule has 0 fully saturated rings. The predicted molar refractivity (Wildman–Crippen MR) is 98.5 cm³/mol. The minimum absolute atomic E-state index is 0.161. The van der Waals surface area contributed by atoms with Crippen molar-refractivity contribution < 1.29 is 4.79 Å². The molecule has 2 aromatic carbocycles. The number of nitrogens with one attached hydrogen (secondary N) is 2. The lowest BCUT2D eigenvalue weighted by Crippen LogP contribution is -2.12. The van der Waals surface area contributed by atoms with Crippen LogP contribution in [0.1, 0.15) is 15.5 Å². The molecule has 24 heavy (non-hydrogen) atoms. The van der Waals surface area contributed by atoms with Crippen LogP contribution in [0.2, 0.25) is 0 Å². The van der Waals surface area contributed by atoms with Gasteiger partial charge in [-0.1, -0.05) is 36.4 Å². The number of carbonyl (C=O) groups excluding carboxylic acids is 1. The van der Waals surface area contributed by atoms with E-state index in [1.165, 1.54) is 0 Å². The first kappa shape index (κ1) is 14.7. The van der Waals surface area contributed by atoms with Gasteiger partial charge in [0.25, 0.3) is 5.91 Å². The molecule has 4 nitrogen and oxygen atoms in total. The molecule has 0 spiro atoms. The Hall–Kier alpha value is -2.92. The fourth-order valence-corrected chi connectivity index (χ4v) is 3.30. The summed E-state index contributed by atoms with van der Waals surface area (Å²) in [6.07, 6.45) is 0. The Kier molecular flexibility index (Phi) is 3.63. The monoisotopic (exact) mass is 333 g/mol. The number of para-hydroxylation sites is 2. The summed E-state index contributed by atoms with van der Waals surface area (Å²) in [4.78, 5) is 20.3. The van der Waals surface area contributed by atoms with Crippen LogP contribution in [-0.2, 0) is 0 Å². The molecule has 0 aliphatic heterocycles. The number of aromatic nitrogens is 2. The van der Waals surface area contributed by atoms with Crippen molar-refractivity contribution in [1.82, 2.24) is 9.97 Å². The Morgan fingerprint density at radius 2 is 1.92 bits per heavy atom. The standard InChI is InChI=1S/C19H15N3OS/c1-12-20-18(11-24-12)14-7-3-5-9-16(14)22-19(23)17-10-13-6-2-4-8-15(13)21-17/h2-11,21H,1H3,(H,22,23). The zero-order chi connectivity index (χ0) is 16.5. The van der Waals surface area contributed by atoms with Crippen LogP contribution in [0, 0.1) is 6.92 Å². The van der Waals surface area contributed by atoms with E-state index in [0.717, 1.165) is 32.9 Å². The van der Waals surface area contributed by atoms with Crippen molar-refractivity contribution in [3.05, 3.63) is 70.7 Å². The third kappa shape index (κ3) is 2.70. The number of rotatable bonds is 3. The first-order valence-electron chi connectivity index (χ1n) is 7.61. The Morgan fingerprint density at radius 3 is 2.71 bits per heavy atom. The van der Waals surface area contributed by atoms with Crippen LogP contribution in [-0.4, -0.2) is 15.9 Å². The quantitative estimate of drug-likeness (QED) is 0.563. The number of nitrogens with zero attached hydrogens (tertiary/aromatic N) is 1. The normalized spacial score (nSPS) is 10.9. The molecule has 0 saturated heterocycles. The Morgan fingerprint density at radius 1 is 1.12 bits per heavy atom. The SMILES string of the molecule is Cc1nc(-c2ccccc2NC(=O)c2cc3ccccc3[nH]2)cs1. The highest BCUT2D eigenvalue weighted by molar-refractivity contribution is 7.09. The molecule has 5 heteroatoms. The number of benzene rings is 2. The lowest BCUT2D eigenvalue weighted by atomic mass is 10.1. The van der Waals surface area contributed by atoms with Crippen molar-refractivity contribution in [2.24, 2.45) is 0 Å². The number of carbonyl (C=O) groups is 1. The second-order valence-electron chi connectivity index (χ2n) is 5.52. The maximum absolute atomic E-state index is 12.6. The van der Waals surface area contributed by atoms with E-state index >= 15 is 0 Å². The van der Waals surface area contributed by atoms with Crippen LogP contribution in [0.3, 0.4) is 0 Å². The Labute approximate surface area is 143 Å². The summed E-state index contributed by atoms with van der Waals surface area (Å²) in [6.45, 7) is 1.97. The fourth-order valence-electron chi connectivity index (χ4n) is 2.69. The molecular formula is C19H15N3OS. The zero-order valence-corrected chi connectivity index (χ0v) is 13.9. The number of hydrogen-bond acceptors (Lipinski definition) is 3. The van der Waals surface area contributed by atoms with Crippen molar-refractivity contribution in [2.75, 3.05) is 5.32 Å². The molecular weight excluding hydrogens is 318 g/mol. The third-order valence-electron chi connectivity index (χ3n) is 3.84. The van der Waals surface area contributed by atoms with Crippen LogP contribution in [0.25, 0.3) is 22.2 Å². The molecule has 0 aliphatic rings. The van der Waals surface area contributed by atoms with E-state index in [-0.39, 0.29) is 5.91 Å². The number of anilines is 1. The van der Waals surface area contributed by atoms with E-state index in [2.05, 4.69) is 15.3 Å². The first-order chi connectivity index (χ1) is 11.7. The largest absolute Gasteiger partial charge is 0.351 e. The molecule has 0 saturated carbocycles. The van der Waals surface area contributed by atoms with Crippen LogP contribution >= 0.6 is 11.3 Å². The average molecular weight is 333 g/mol. The highest BCUT2D eigenvalue weighted by Gasteiger charge is 2.13.